The molecule has 0 bridgehead atoms. The predicted octanol–water partition coefficient (Wildman–Crippen LogP) is 1.47. The number of nitrogens with one attached hydrogen (secondary N) is 1. The van der Waals surface area contributed by atoms with Gasteiger partial charge in [0.05, 0.1) is 0 Å². The summed E-state index contributed by atoms with van der Waals surface area (Å²) in [6, 6.07) is 2.71. The van der Waals surface area contributed by atoms with Gasteiger partial charge in [0.1, 0.15) is 0 Å². The summed E-state index contributed by atoms with van der Waals surface area (Å²) in [4.78, 5) is 2.74. The van der Waals surface area contributed by atoms with Crippen LogP contribution in [0, 0.1) is 6.07 Å². The van der Waals surface area contributed by atoms with E-state index in [9.17, 15) is 0 Å². The molecule has 0 atom stereocenters. The quantitative estimate of drug-likeness (QED) is 0.475. The summed E-state index contributed by atoms with van der Waals surface area (Å²) >= 11 is 5.37. The fourth-order valence-corrected chi connectivity index (χ4v) is 0.385. The van der Waals surface area contributed by atoms with E-state index in [1.54, 1.807) is 12.4 Å². The van der Waals surface area contributed by atoms with E-state index in [0.717, 1.165) is 0 Å². The minimum absolute atomic E-state index is 0.634. The SMILES string of the molecule is Clc1[c-]c[nH]c1. The van der Waals surface area contributed by atoms with E-state index in [2.05, 4.69) is 11.1 Å². The maximum Gasteiger partial charge on any atom is -0.108 e. The molecule has 1 aromatic heterocycles. The second kappa shape index (κ2) is 1.35. The minimum Gasteiger partial charge on any atom is -0.460 e. The molecular weight excluding hydrogens is 97.5 g/mol. The van der Waals surface area contributed by atoms with Crippen LogP contribution in [0.4, 0.5) is 0 Å². The lowest BCUT2D eigenvalue weighted by atomic mass is 10.7. The molecule has 1 N–H and O–H groups in total. The van der Waals surface area contributed by atoms with E-state index in [4.69, 9.17) is 11.6 Å². The van der Waals surface area contributed by atoms with Gasteiger partial charge in [0.2, 0.25) is 0 Å². The molecule has 0 unspecified atom stereocenters. The van der Waals surface area contributed by atoms with Gasteiger partial charge in [-0.1, -0.05) is 0 Å². The number of aromatic amines is 1. The van der Waals surface area contributed by atoms with Crippen molar-refractivity contribution in [2.75, 3.05) is 0 Å². The van der Waals surface area contributed by atoms with Gasteiger partial charge in [0.15, 0.2) is 0 Å². The van der Waals surface area contributed by atoms with E-state index >= 15 is 0 Å². The third kappa shape index (κ3) is 0.546. The van der Waals surface area contributed by atoms with E-state index < -0.39 is 0 Å². The zero-order valence-electron chi connectivity index (χ0n) is 3.03. The summed E-state index contributed by atoms with van der Waals surface area (Å²) in [5.41, 5.74) is 0. The van der Waals surface area contributed by atoms with Crippen LogP contribution in [0.1, 0.15) is 0 Å². The zero-order valence-corrected chi connectivity index (χ0v) is 3.79. The molecule has 0 aliphatic rings. The molecule has 1 nitrogen and oxygen atoms in total. The van der Waals surface area contributed by atoms with Crippen molar-refractivity contribution in [1.82, 2.24) is 4.98 Å². The first kappa shape index (κ1) is 3.75. The molecule has 0 radical (unpaired) electrons. The average Bonchev–Trinajstić information content (AvgIpc) is 1.86. The molecule has 1 heterocycles. The number of hydrogen-bond donors (Lipinski definition) is 1. The van der Waals surface area contributed by atoms with Crippen molar-refractivity contribution < 1.29 is 0 Å². The Morgan fingerprint density at radius 1 is 1.83 bits per heavy atom. The number of halogens is 1. The molecule has 0 spiro atoms. The first-order valence-corrected chi connectivity index (χ1v) is 1.97. The molecule has 0 aromatic carbocycles. The molecule has 1 aromatic rings. The van der Waals surface area contributed by atoms with Crippen molar-refractivity contribution >= 4 is 11.6 Å². The lowest BCUT2D eigenvalue weighted by Gasteiger charge is -1.76. The standard InChI is InChI=1S/C4H3ClN/c5-4-1-2-6-3-4/h2-3,6H/q-1. The normalized spacial score (nSPS) is 8.83. The predicted molar refractivity (Wildman–Crippen MR) is 24.6 cm³/mol. The third-order valence-corrected chi connectivity index (χ3v) is 0.722. The number of H-pyrrole nitrogens is 1. The third-order valence-electron chi connectivity index (χ3n) is 0.503. The van der Waals surface area contributed by atoms with Crippen molar-refractivity contribution in [2.24, 2.45) is 0 Å². The van der Waals surface area contributed by atoms with Crippen LogP contribution in [-0.2, 0) is 0 Å². The zero-order chi connectivity index (χ0) is 4.41. The van der Waals surface area contributed by atoms with Crippen molar-refractivity contribution in [3.05, 3.63) is 23.5 Å². The van der Waals surface area contributed by atoms with Gasteiger partial charge in [0, 0.05) is 0 Å². The van der Waals surface area contributed by atoms with Crippen molar-refractivity contribution in [3.8, 4) is 0 Å². The summed E-state index contributed by atoms with van der Waals surface area (Å²) in [5, 5.41) is 0.634. The molecule has 0 saturated heterocycles. The Kier molecular flexibility index (Phi) is 0.843. The van der Waals surface area contributed by atoms with Crippen molar-refractivity contribution in [3.63, 3.8) is 0 Å². The molecule has 0 fully saturated rings. The number of hydrogen-bond acceptors (Lipinski definition) is 0. The van der Waals surface area contributed by atoms with Gasteiger partial charge in [-0.2, -0.15) is 0 Å². The highest BCUT2D eigenvalue weighted by molar-refractivity contribution is 6.30. The Labute approximate surface area is 40.9 Å². The fraction of sp³-hybridized carbons (Fsp3) is 0. The summed E-state index contributed by atoms with van der Waals surface area (Å²) in [6.45, 7) is 0. The smallest absolute Gasteiger partial charge is 0.108 e. The lowest BCUT2D eigenvalue weighted by Crippen LogP contribution is -1.41. The Balaban J connectivity index is 3.05. The summed E-state index contributed by atoms with van der Waals surface area (Å²) < 4.78 is 0. The fourth-order valence-electron chi connectivity index (χ4n) is 0.267. The van der Waals surface area contributed by atoms with Gasteiger partial charge < -0.3 is 4.98 Å². The van der Waals surface area contributed by atoms with Gasteiger partial charge >= 0.3 is 0 Å². The highest BCUT2D eigenvalue weighted by atomic mass is 35.5. The van der Waals surface area contributed by atoms with Crippen LogP contribution >= 0.6 is 11.6 Å². The summed E-state index contributed by atoms with van der Waals surface area (Å²) in [7, 11) is 0. The van der Waals surface area contributed by atoms with E-state index in [0.29, 0.717) is 5.02 Å². The van der Waals surface area contributed by atoms with Gasteiger partial charge in [0.25, 0.3) is 0 Å². The van der Waals surface area contributed by atoms with Gasteiger partial charge in [-0.15, -0.1) is 29.0 Å². The van der Waals surface area contributed by atoms with Gasteiger partial charge in [-0.3, -0.25) is 0 Å². The topological polar surface area (TPSA) is 15.8 Å². The van der Waals surface area contributed by atoms with Gasteiger partial charge in [-0.25, -0.2) is 6.07 Å². The van der Waals surface area contributed by atoms with E-state index in [-0.39, 0.29) is 0 Å². The maximum absolute atomic E-state index is 5.37. The molecule has 2 heteroatoms. The lowest BCUT2D eigenvalue weighted by molar-refractivity contribution is 1.41. The molecule has 0 aliphatic heterocycles. The summed E-state index contributed by atoms with van der Waals surface area (Å²) in [5.74, 6) is 0. The molecule has 32 valence electrons. The van der Waals surface area contributed by atoms with Crippen LogP contribution < -0.4 is 0 Å². The van der Waals surface area contributed by atoms with Crippen LogP contribution in [-0.4, -0.2) is 4.98 Å². The van der Waals surface area contributed by atoms with Crippen molar-refractivity contribution in [1.29, 1.82) is 0 Å². The second-order valence-corrected chi connectivity index (χ2v) is 1.35. The number of rotatable bonds is 0. The Morgan fingerprint density at radius 3 is 2.83 bits per heavy atom. The van der Waals surface area contributed by atoms with E-state index in [1.807, 2.05) is 0 Å². The Morgan fingerprint density at radius 2 is 2.67 bits per heavy atom. The van der Waals surface area contributed by atoms with Crippen LogP contribution in [0.5, 0.6) is 0 Å². The van der Waals surface area contributed by atoms with Crippen LogP contribution in [0.15, 0.2) is 12.4 Å². The van der Waals surface area contributed by atoms with Crippen molar-refractivity contribution in [2.45, 2.75) is 0 Å². The Hall–Kier alpha value is -0.430. The van der Waals surface area contributed by atoms with E-state index in [1.165, 1.54) is 0 Å². The first-order chi connectivity index (χ1) is 2.89. The van der Waals surface area contributed by atoms with Crippen LogP contribution in [0.3, 0.4) is 0 Å². The van der Waals surface area contributed by atoms with Crippen LogP contribution in [0.2, 0.25) is 5.02 Å². The first-order valence-electron chi connectivity index (χ1n) is 1.59. The van der Waals surface area contributed by atoms with Gasteiger partial charge in [-0.05, 0) is 0 Å². The second-order valence-electron chi connectivity index (χ2n) is 0.948. The molecular formula is C4H3ClN-. The Bertz CT molecular complexity index is 111. The molecule has 0 saturated carbocycles. The molecule has 0 aliphatic carbocycles. The summed E-state index contributed by atoms with van der Waals surface area (Å²) in [6.07, 6.45) is 3.32. The largest absolute Gasteiger partial charge is 0.460 e. The monoisotopic (exact) mass is 100.0 g/mol. The maximum atomic E-state index is 5.37. The molecule has 1 rings (SSSR count). The highest BCUT2D eigenvalue weighted by Gasteiger charge is 1.61. The molecule has 6 heavy (non-hydrogen) atoms. The minimum atomic E-state index is 0.634. The van der Waals surface area contributed by atoms with Crippen LogP contribution in [0.25, 0.3) is 0 Å². The number of aromatic nitrogens is 1. The average molecular weight is 101 g/mol. The molecule has 0 amide bonds. The highest BCUT2D eigenvalue weighted by Crippen LogP contribution is 2.00.